The molecule has 3 aromatic carbocycles. The molecule has 0 aliphatic heterocycles. The number of ketones is 1. The van der Waals surface area contributed by atoms with Crippen molar-refractivity contribution in [3.63, 3.8) is 0 Å². The van der Waals surface area contributed by atoms with Gasteiger partial charge in [0.2, 0.25) is 0 Å². The van der Waals surface area contributed by atoms with E-state index < -0.39 is 5.69 Å². The van der Waals surface area contributed by atoms with Gasteiger partial charge < -0.3 is 9.47 Å². The molecule has 0 saturated carbocycles. The molecule has 33 heavy (non-hydrogen) atoms. The first-order chi connectivity index (χ1) is 16.1. The Bertz CT molecular complexity index is 1540. The maximum Gasteiger partial charge on any atom is 0.351 e. The minimum Gasteiger partial charge on any atom is -0.493 e. The van der Waals surface area contributed by atoms with Gasteiger partial charge in [-0.1, -0.05) is 60.7 Å². The number of methoxy groups -OCH3 is 2. The molecule has 164 valence electrons. The van der Waals surface area contributed by atoms with Crippen LogP contribution in [0.2, 0.25) is 0 Å². The average Bonchev–Trinajstić information content (AvgIpc) is 3.32. The Labute approximate surface area is 188 Å². The van der Waals surface area contributed by atoms with Gasteiger partial charge in [-0.2, -0.15) is 4.52 Å². The average molecular weight is 440 g/mol. The summed E-state index contributed by atoms with van der Waals surface area (Å²) in [5.74, 6) is 1.14. The Morgan fingerprint density at radius 1 is 0.909 bits per heavy atom. The van der Waals surface area contributed by atoms with E-state index in [-0.39, 0.29) is 12.3 Å². The van der Waals surface area contributed by atoms with Gasteiger partial charge in [-0.05, 0) is 6.07 Å². The van der Waals surface area contributed by atoms with Crippen molar-refractivity contribution in [1.29, 1.82) is 0 Å². The van der Waals surface area contributed by atoms with Gasteiger partial charge in [-0.3, -0.25) is 9.36 Å². The Balaban J connectivity index is 1.79. The van der Waals surface area contributed by atoms with Gasteiger partial charge in [0, 0.05) is 22.6 Å². The number of hydrogen-bond donors (Lipinski definition) is 0. The lowest BCUT2D eigenvalue weighted by Crippen LogP contribution is -2.30. The van der Waals surface area contributed by atoms with E-state index in [1.807, 2.05) is 36.4 Å². The van der Waals surface area contributed by atoms with Crippen LogP contribution in [0.25, 0.3) is 27.9 Å². The van der Waals surface area contributed by atoms with Crippen LogP contribution in [0.3, 0.4) is 0 Å². The molecule has 0 bridgehead atoms. The summed E-state index contributed by atoms with van der Waals surface area (Å²) in [6, 6.07) is 21.7. The third-order valence-corrected chi connectivity index (χ3v) is 5.48. The number of hydrogen-bond acceptors (Lipinski definition) is 6. The predicted molar refractivity (Wildman–Crippen MR) is 124 cm³/mol. The van der Waals surface area contributed by atoms with Gasteiger partial charge in [0.25, 0.3) is 0 Å². The molecule has 5 rings (SSSR count). The number of ether oxygens (including phenoxy) is 2. The van der Waals surface area contributed by atoms with Crippen molar-refractivity contribution in [2.24, 2.45) is 0 Å². The molecule has 0 radical (unpaired) electrons. The van der Waals surface area contributed by atoms with Crippen LogP contribution < -0.4 is 15.2 Å². The maximum absolute atomic E-state index is 13.5. The van der Waals surface area contributed by atoms with Gasteiger partial charge in [0.15, 0.2) is 28.8 Å². The van der Waals surface area contributed by atoms with E-state index in [1.54, 1.807) is 36.4 Å². The second-order valence-corrected chi connectivity index (χ2v) is 7.42. The molecular weight excluding hydrogens is 420 g/mol. The normalized spacial score (nSPS) is 11.1. The van der Waals surface area contributed by atoms with Crippen molar-refractivity contribution in [3.05, 3.63) is 88.8 Å². The number of carbonyl (C=O) groups is 1. The highest BCUT2D eigenvalue weighted by atomic mass is 16.5. The van der Waals surface area contributed by atoms with E-state index in [2.05, 4.69) is 10.1 Å². The van der Waals surface area contributed by atoms with E-state index in [0.29, 0.717) is 39.4 Å². The number of nitrogens with zero attached hydrogens (tertiary/aromatic N) is 4. The zero-order valence-electron chi connectivity index (χ0n) is 18.1. The maximum atomic E-state index is 13.5. The standard InChI is InChI=1S/C25H20N4O4/c1-32-21-13-18-19(14-22(21)33-2)28(15-20(30)16-9-5-3-6-10-16)25(31)29-24(18)26-23(27-29)17-11-7-4-8-12-17/h3-14H,15H2,1-2H3. The monoisotopic (exact) mass is 440 g/mol. The molecule has 0 fully saturated rings. The Morgan fingerprint density at radius 2 is 1.55 bits per heavy atom. The Hall–Kier alpha value is -4.46. The summed E-state index contributed by atoms with van der Waals surface area (Å²) >= 11 is 0. The van der Waals surface area contributed by atoms with Crippen molar-refractivity contribution in [2.45, 2.75) is 6.54 Å². The smallest absolute Gasteiger partial charge is 0.351 e. The lowest BCUT2D eigenvalue weighted by molar-refractivity contribution is 0.0971. The molecule has 0 spiro atoms. The number of Topliss-reactive ketones (excluding diaryl/α,β-unsaturated/α-hetero) is 1. The molecule has 0 N–H and O–H groups in total. The first kappa shape index (κ1) is 20.4. The zero-order chi connectivity index (χ0) is 22.9. The molecule has 8 heteroatoms. The summed E-state index contributed by atoms with van der Waals surface area (Å²) in [5.41, 5.74) is 1.70. The Morgan fingerprint density at radius 3 is 2.21 bits per heavy atom. The number of fused-ring (bicyclic) bond motifs is 3. The summed E-state index contributed by atoms with van der Waals surface area (Å²) in [5, 5.41) is 5.07. The van der Waals surface area contributed by atoms with Crippen LogP contribution in [0, 0.1) is 0 Å². The minimum absolute atomic E-state index is 0.161. The van der Waals surface area contributed by atoms with Crippen LogP contribution in [0.4, 0.5) is 0 Å². The lowest BCUT2D eigenvalue weighted by Gasteiger charge is -2.14. The molecule has 0 atom stereocenters. The highest BCUT2D eigenvalue weighted by Gasteiger charge is 2.20. The van der Waals surface area contributed by atoms with E-state index >= 15 is 0 Å². The molecular formula is C25H20N4O4. The van der Waals surface area contributed by atoms with Crippen LogP contribution in [0.1, 0.15) is 10.4 Å². The third-order valence-electron chi connectivity index (χ3n) is 5.48. The quantitative estimate of drug-likeness (QED) is 0.375. The van der Waals surface area contributed by atoms with Gasteiger partial charge >= 0.3 is 5.69 Å². The lowest BCUT2D eigenvalue weighted by atomic mass is 10.1. The fourth-order valence-electron chi connectivity index (χ4n) is 3.83. The van der Waals surface area contributed by atoms with Crippen LogP contribution in [-0.4, -0.2) is 39.2 Å². The SMILES string of the molecule is COc1cc2c(cc1OC)n(CC(=O)c1ccccc1)c(=O)n1nc(-c3ccccc3)nc21. The summed E-state index contributed by atoms with van der Waals surface area (Å²) < 4.78 is 13.5. The van der Waals surface area contributed by atoms with Gasteiger partial charge in [0.1, 0.15) is 0 Å². The zero-order valence-corrected chi connectivity index (χ0v) is 18.1. The molecule has 0 unspecified atom stereocenters. The summed E-state index contributed by atoms with van der Waals surface area (Å²) in [7, 11) is 3.05. The van der Waals surface area contributed by atoms with Gasteiger partial charge in [-0.15, -0.1) is 5.10 Å². The van der Waals surface area contributed by atoms with Crippen LogP contribution in [-0.2, 0) is 6.54 Å². The van der Waals surface area contributed by atoms with Crippen LogP contribution in [0.15, 0.2) is 77.6 Å². The molecule has 5 aromatic rings. The first-order valence-electron chi connectivity index (χ1n) is 10.3. The summed E-state index contributed by atoms with van der Waals surface area (Å²) in [6.07, 6.45) is 0. The van der Waals surface area contributed by atoms with Crippen molar-refractivity contribution in [3.8, 4) is 22.9 Å². The van der Waals surface area contributed by atoms with Gasteiger partial charge in [0.05, 0.1) is 26.3 Å². The van der Waals surface area contributed by atoms with Crippen molar-refractivity contribution >= 4 is 22.3 Å². The highest BCUT2D eigenvalue weighted by molar-refractivity contribution is 5.98. The van der Waals surface area contributed by atoms with Crippen molar-refractivity contribution in [1.82, 2.24) is 19.2 Å². The first-order valence-corrected chi connectivity index (χ1v) is 10.3. The summed E-state index contributed by atoms with van der Waals surface area (Å²) in [6.45, 7) is -0.161. The number of rotatable bonds is 6. The van der Waals surface area contributed by atoms with E-state index in [0.717, 1.165) is 5.56 Å². The number of aromatic nitrogens is 4. The third kappa shape index (κ3) is 3.51. The van der Waals surface area contributed by atoms with Crippen molar-refractivity contribution < 1.29 is 14.3 Å². The Kier molecular flexibility index (Phi) is 5.10. The molecule has 0 amide bonds. The number of benzene rings is 3. The molecule has 2 heterocycles. The second-order valence-electron chi connectivity index (χ2n) is 7.42. The van der Waals surface area contributed by atoms with E-state index in [9.17, 15) is 9.59 Å². The minimum atomic E-state index is -0.469. The van der Waals surface area contributed by atoms with Crippen molar-refractivity contribution in [2.75, 3.05) is 14.2 Å². The fourth-order valence-corrected chi connectivity index (χ4v) is 3.83. The second kappa shape index (κ2) is 8.23. The van der Waals surface area contributed by atoms with Crippen LogP contribution >= 0.6 is 0 Å². The highest BCUT2D eigenvalue weighted by Crippen LogP contribution is 2.33. The predicted octanol–water partition coefficient (Wildman–Crippen LogP) is 3.61. The molecule has 2 aromatic heterocycles. The van der Waals surface area contributed by atoms with E-state index in [4.69, 9.17) is 9.47 Å². The van der Waals surface area contributed by atoms with E-state index in [1.165, 1.54) is 23.3 Å². The topological polar surface area (TPSA) is 87.7 Å². The molecule has 0 aliphatic carbocycles. The fraction of sp³-hybridized carbons (Fsp3) is 0.120. The molecule has 0 saturated heterocycles. The number of carbonyl (C=O) groups excluding carboxylic acids is 1. The summed E-state index contributed by atoms with van der Waals surface area (Å²) in [4.78, 5) is 31.1. The largest absolute Gasteiger partial charge is 0.493 e. The molecule has 8 nitrogen and oxygen atoms in total. The van der Waals surface area contributed by atoms with Gasteiger partial charge in [-0.25, -0.2) is 9.78 Å². The molecule has 0 aliphatic rings. The van der Waals surface area contributed by atoms with Crippen LogP contribution in [0.5, 0.6) is 11.5 Å².